The van der Waals surface area contributed by atoms with Crippen molar-refractivity contribution in [2.75, 3.05) is 20.1 Å². The number of likely N-dealkylation sites (tertiary alicyclic amines) is 1. The molecule has 148 valence electrons. The van der Waals surface area contributed by atoms with Crippen LogP contribution in [0.5, 0.6) is 0 Å². The molecule has 3 atom stereocenters. The summed E-state index contributed by atoms with van der Waals surface area (Å²) in [5.41, 5.74) is -0.302. The molecule has 0 bridgehead atoms. The summed E-state index contributed by atoms with van der Waals surface area (Å²) in [7, 11) is 1.93. The first-order valence-corrected chi connectivity index (χ1v) is 9.11. The van der Waals surface area contributed by atoms with Crippen LogP contribution in [-0.2, 0) is 14.4 Å². The maximum absolute atomic E-state index is 12.8. The zero-order valence-corrected chi connectivity index (χ0v) is 16.8. The quantitative estimate of drug-likeness (QED) is 0.616. The van der Waals surface area contributed by atoms with Crippen LogP contribution in [0.3, 0.4) is 0 Å². The van der Waals surface area contributed by atoms with E-state index in [-0.39, 0.29) is 30.0 Å². The first-order valence-electron chi connectivity index (χ1n) is 9.11. The van der Waals surface area contributed by atoms with Gasteiger partial charge in [-0.2, -0.15) is 0 Å². The lowest BCUT2D eigenvalue weighted by Gasteiger charge is -2.37. The van der Waals surface area contributed by atoms with Crippen molar-refractivity contribution < 1.29 is 19.5 Å². The molecule has 0 aromatic rings. The van der Waals surface area contributed by atoms with Gasteiger partial charge >= 0.3 is 5.97 Å². The average molecular weight is 367 g/mol. The molecule has 1 fully saturated rings. The second-order valence-corrected chi connectivity index (χ2v) is 8.37. The Morgan fingerprint density at radius 1 is 1.31 bits per heavy atom. The molecular weight excluding hydrogens is 334 g/mol. The number of carboxylic acids is 1. The lowest BCUT2D eigenvalue weighted by Crippen LogP contribution is -2.58. The monoisotopic (exact) mass is 367 g/mol. The first-order chi connectivity index (χ1) is 11.9. The van der Waals surface area contributed by atoms with Crippen molar-refractivity contribution in [3.05, 3.63) is 11.6 Å². The van der Waals surface area contributed by atoms with Crippen molar-refractivity contribution >= 4 is 17.8 Å². The van der Waals surface area contributed by atoms with E-state index < -0.39 is 17.4 Å². The van der Waals surface area contributed by atoms with Gasteiger partial charge < -0.3 is 15.7 Å². The number of aliphatic carboxylic acids is 1. The van der Waals surface area contributed by atoms with Gasteiger partial charge in [0, 0.05) is 12.1 Å². The average Bonchev–Trinajstić information content (AvgIpc) is 2.53. The molecule has 1 rings (SSSR count). The van der Waals surface area contributed by atoms with Crippen molar-refractivity contribution in [1.82, 2.24) is 15.5 Å². The van der Waals surface area contributed by atoms with Crippen LogP contribution in [0.2, 0.25) is 0 Å². The number of hydrogen-bond donors (Lipinski definition) is 3. The molecule has 0 aromatic carbocycles. The van der Waals surface area contributed by atoms with Crippen LogP contribution in [0.25, 0.3) is 0 Å². The minimum absolute atomic E-state index is 0.111. The van der Waals surface area contributed by atoms with E-state index in [1.54, 1.807) is 0 Å². The Labute approximate surface area is 156 Å². The Morgan fingerprint density at radius 2 is 1.92 bits per heavy atom. The predicted octanol–water partition coefficient (Wildman–Crippen LogP) is 1.39. The van der Waals surface area contributed by atoms with E-state index in [0.717, 1.165) is 19.4 Å². The number of amides is 2. The molecule has 0 radical (unpaired) electrons. The summed E-state index contributed by atoms with van der Waals surface area (Å²) < 4.78 is 0. The predicted molar refractivity (Wildman–Crippen MR) is 101 cm³/mol. The van der Waals surface area contributed by atoms with Crippen LogP contribution in [0.15, 0.2) is 11.6 Å². The second-order valence-electron chi connectivity index (χ2n) is 8.37. The summed E-state index contributed by atoms with van der Waals surface area (Å²) in [6, 6.07) is -0.926. The minimum atomic E-state index is -1.02. The van der Waals surface area contributed by atoms with Crippen molar-refractivity contribution in [3.63, 3.8) is 0 Å². The van der Waals surface area contributed by atoms with E-state index in [0.29, 0.717) is 5.92 Å². The summed E-state index contributed by atoms with van der Waals surface area (Å²) in [6.07, 6.45) is 3.29. The molecule has 26 heavy (non-hydrogen) atoms. The molecule has 0 spiro atoms. The van der Waals surface area contributed by atoms with Crippen LogP contribution in [0, 0.1) is 11.3 Å². The molecule has 0 saturated carbocycles. The molecule has 3 unspecified atom stereocenters. The highest BCUT2D eigenvalue weighted by atomic mass is 16.4. The number of rotatable bonds is 6. The Morgan fingerprint density at radius 3 is 2.46 bits per heavy atom. The number of nitrogens with one attached hydrogen (secondary N) is 2. The third-order valence-corrected chi connectivity index (χ3v) is 4.87. The number of likely N-dealkylation sites (N-methyl/N-ethyl adjacent to an activating group) is 1. The van der Waals surface area contributed by atoms with Crippen molar-refractivity contribution in [1.29, 1.82) is 0 Å². The van der Waals surface area contributed by atoms with E-state index >= 15 is 0 Å². The summed E-state index contributed by atoms with van der Waals surface area (Å²) in [6.45, 7) is 10.3. The Balaban J connectivity index is 2.77. The van der Waals surface area contributed by atoms with Gasteiger partial charge in [0.15, 0.2) is 0 Å². The summed E-state index contributed by atoms with van der Waals surface area (Å²) in [4.78, 5) is 38.2. The standard InChI is InChI=1S/C19H33N3O4/c1-12-8-10-22(6)14(11-12)16(23)21-15(19(3,4)5)17(24)20-9-7-13(2)18(25)26/h7,12,14-15H,8-11H2,1-6H3,(H,20,24)(H,21,23)(H,25,26)/b13-7+. The van der Waals surface area contributed by atoms with E-state index in [4.69, 9.17) is 5.11 Å². The third-order valence-electron chi connectivity index (χ3n) is 4.87. The van der Waals surface area contributed by atoms with Gasteiger partial charge in [0.05, 0.1) is 6.04 Å². The number of nitrogens with zero attached hydrogens (tertiary/aromatic N) is 1. The first kappa shape index (κ1) is 22.2. The fraction of sp³-hybridized carbons (Fsp3) is 0.737. The van der Waals surface area contributed by atoms with Gasteiger partial charge in [-0.15, -0.1) is 0 Å². The van der Waals surface area contributed by atoms with Crippen molar-refractivity contribution in [2.24, 2.45) is 11.3 Å². The SMILES string of the molecule is C/C(=C\CNC(=O)C(NC(=O)C1CC(C)CCN1C)C(C)(C)C)C(=O)O. The Kier molecular flexibility index (Phi) is 7.81. The normalized spacial score (nSPS) is 23.2. The lowest BCUT2D eigenvalue weighted by molar-refractivity contribution is -0.135. The highest BCUT2D eigenvalue weighted by molar-refractivity contribution is 5.90. The summed E-state index contributed by atoms with van der Waals surface area (Å²) in [5.74, 6) is -0.986. The number of carboxylic acid groups (broad SMARTS) is 1. The van der Waals surface area contributed by atoms with Crippen molar-refractivity contribution in [2.45, 2.75) is 59.5 Å². The van der Waals surface area contributed by atoms with Crippen LogP contribution < -0.4 is 10.6 Å². The zero-order valence-electron chi connectivity index (χ0n) is 16.8. The number of carbonyl (C=O) groups excluding carboxylic acids is 2. The van der Waals surface area contributed by atoms with Gasteiger partial charge in [0.25, 0.3) is 0 Å². The van der Waals surface area contributed by atoms with E-state index in [9.17, 15) is 14.4 Å². The minimum Gasteiger partial charge on any atom is -0.478 e. The highest BCUT2D eigenvalue weighted by Gasteiger charge is 2.36. The van der Waals surface area contributed by atoms with Gasteiger partial charge in [-0.05, 0) is 44.7 Å². The molecule has 0 aliphatic carbocycles. The number of carbonyl (C=O) groups is 3. The molecular formula is C19H33N3O4. The molecule has 7 heteroatoms. The number of piperidine rings is 1. The molecule has 1 aliphatic heterocycles. The molecule has 1 aliphatic rings. The second kappa shape index (κ2) is 9.16. The molecule has 7 nitrogen and oxygen atoms in total. The highest BCUT2D eigenvalue weighted by Crippen LogP contribution is 2.23. The summed E-state index contributed by atoms with van der Waals surface area (Å²) >= 11 is 0. The largest absolute Gasteiger partial charge is 0.478 e. The maximum Gasteiger partial charge on any atom is 0.331 e. The Hall–Kier alpha value is -1.89. The topological polar surface area (TPSA) is 98.7 Å². The smallest absolute Gasteiger partial charge is 0.331 e. The fourth-order valence-electron chi connectivity index (χ4n) is 2.97. The van der Waals surface area contributed by atoms with Gasteiger partial charge in [-0.25, -0.2) is 4.79 Å². The van der Waals surface area contributed by atoms with Crippen LogP contribution in [0.1, 0.15) is 47.5 Å². The van der Waals surface area contributed by atoms with E-state index in [2.05, 4.69) is 17.6 Å². The van der Waals surface area contributed by atoms with Gasteiger partial charge in [-0.1, -0.05) is 33.8 Å². The molecule has 1 heterocycles. The molecule has 0 aromatic heterocycles. The molecule has 2 amide bonds. The Bertz CT molecular complexity index is 566. The van der Waals surface area contributed by atoms with Crippen molar-refractivity contribution in [3.8, 4) is 0 Å². The van der Waals surface area contributed by atoms with Gasteiger partial charge in [0.1, 0.15) is 6.04 Å². The van der Waals surface area contributed by atoms with E-state index in [1.165, 1.54) is 13.0 Å². The van der Waals surface area contributed by atoms with Crippen LogP contribution >= 0.6 is 0 Å². The van der Waals surface area contributed by atoms with Gasteiger partial charge in [-0.3, -0.25) is 14.5 Å². The molecule has 1 saturated heterocycles. The van der Waals surface area contributed by atoms with E-state index in [1.807, 2.05) is 32.7 Å². The third kappa shape index (κ3) is 6.44. The maximum atomic E-state index is 12.8. The fourth-order valence-corrected chi connectivity index (χ4v) is 2.97. The zero-order chi connectivity index (χ0) is 20.1. The summed E-state index contributed by atoms with van der Waals surface area (Å²) in [5, 5.41) is 14.5. The molecule has 3 N–H and O–H groups in total. The lowest BCUT2D eigenvalue weighted by atomic mass is 9.85. The number of hydrogen-bond acceptors (Lipinski definition) is 4. The van der Waals surface area contributed by atoms with Crippen LogP contribution in [0.4, 0.5) is 0 Å². The van der Waals surface area contributed by atoms with Crippen LogP contribution in [-0.4, -0.2) is 60.0 Å². The van der Waals surface area contributed by atoms with Gasteiger partial charge in [0.2, 0.25) is 11.8 Å².